The standard InChI is InChI=1S/C33H32N2O5/c1-31(2)23-17-18-32(31,33(39,21-11-5-3-6-12-21)22-13-7-4-8-14-22)27(19-23)40-30(38)26-20-34(26)35-28(36)24-15-9-10-16-25(24)29(35)37/h3-16,23,26-27,39H,17-20H2,1-2H3/t23-,26-,27-,32-,34?/m1/s1. The monoisotopic (exact) mass is 536 g/mol. The van der Waals surface area contributed by atoms with E-state index in [2.05, 4.69) is 13.8 Å². The molecule has 0 radical (unpaired) electrons. The first-order valence-corrected chi connectivity index (χ1v) is 14.0. The topological polar surface area (TPSA) is 86.9 Å². The zero-order valence-electron chi connectivity index (χ0n) is 22.6. The molecule has 2 heterocycles. The van der Waals surface area contributed by atoms with Gasteiger partial charge in [-0.05, 0) is 53.9 Å². The third-order valence-corrected chi connectivity index (χ3v) is 10.3. The summed E-state index contributed by atoms with van der Waals surface area (Å²) in [7, 11) is 0. The molecule has 0 aromatic heterocycles. The third-order valence-electron chi connectivity index (χ3n) is 10.3. The number of hydrogen-bond acceptors (Lipinski definition) is 6. The van der Waals surface area contributed by atoms with Gasteiger partial charge in [-0.1, -0.05) is 86.6 Å². The Morgan fingerprint density at radius 2 is 1.40 bits per heavy atom. The van der Waals surface area contributed by atoms with Crippen molar-refractivity contribution in [3.63, 3.8) is 0 Å². The molecule has 3 fully saturated rings. The van der Waals surface area contributed by atoms with Gasteiger partial charge in [0.25, 0.3) is 11.8 Å². The average Bonchev–Trinajstić information content (AvgIpc) is 3.61. The molecule has 7 heteroatoms. The number of nitrogens with zero attached hydrogens (tertiary/aromatic N) is 2. The fourth-order valence-electron chi connectivity index (χ4n) is 8.14. The largest absolute Gasteiger partial charge is 0.460 e. The summed E-state index contributed by atoms with van der Waals surface area (Å²) in [5.74, 6) is -1.03. The molecule has 2 aliphatic carbocycles. The van der Waals surface area contributed by atoms with Gasteiger partial charge in [-0.15, -0.1) is 0 Å². The molecule has 0 spiro atoms. The second-order valence-corrected chi connectivity index (χ2v) is 12.1. The Bertz CT molecular complexity index is 1450. The number of aliphatic hydroxyl groups is 1. The lowest BCUT2D eigenvalue weighted by Crippen LogP contribution is -2.57. The molecule has 2 aliphatic heterocycles. The zero-order valence-corrected chi connectivity index (χ0v) is 22.6. The zero-order chi connectivity index (χ0) is 27.9. The number of fused-ring (bicyclic) bond motifs is 3. The number of esters is 1. The van der Waals surface area contributed by atoms with E-state index < -0.39 is 40.9 Å². The SMILES string of the molecule is CC1(C)[C@@H]2CC[C@@]1(C(O)(c1ccccc1)c1ccccc1)[C@H](OC(=O)[C@H]1CN1N1C(=O)c3ccccc3C1=O)C2. The predicted molar refractivity (Wildman–Crippen MR) is 147 cm³/mol. The Balaban J connectivity index is 1.22. The Morgan fingerprint density at radius 3 is 1.93 bits per heavy atom. The van der Waals surface area contributed by atoms with Crippen molar-refractivity contribution in [1.82, 2.24) is 10.0 Å². The highest BCUT2D eigenvalue weighted by Crippen LogP contribution is 2.73. The first kappa shape index (κ1) is 25.2. The van der Waals surface area contributed by atoms with Crippen LogP contribution in [0.2, 0.25) is 0 Å². The number of benzene rings is 3. The first-order chi connectivity index (χ1) is 19.2. The summed E-state index contributed by atoms with van der Waals surface area (Å²) >= 11 is 0. The maximum absolute atomic E-state index is 13.6. The highest BCUT2D eigenvalue weighted by molar-refractivity contribution is 6.21. The Labute approximate surface area is 233 Å². The number of carbonyl (C=O) groups is 3. The molecular formula is C33H32N2O5. The Morgan fingerprint density at radius 1 is 0.875 bits per heavy atom. The molecular weight excluding hydrogens is 504 g/mol. The van der Waals surface area contributed by atoms with Gasteiger partial charge in [-0.25, -0.2) is 5.01 Å². The summed E-state index contributed by atoms with van der Waals surface area (Å²) in [6.45, 7) is 4.62. The van der Waals surface area contributed by atoms with Crippen LogP contribution in [0.4, 0.5) is 0 Å². The number of imide groups is 1. The molecule has 2 bridgehead atoms. The Hall–Kier alpha value is -3.81. The lowest BCUT2D eigenvalue weighted by Gasteiger charge is -2.53. The number of ether oxygens (including phenoxy) is 1. The van der Waals surface area contributed by atoms with E-state index in [4.69, 9.17) is 4.74 Å². The first-order valence-electron chi connectivity index (χ1n) is 14.0. The van der Waals surface area contributed by atoms with Gasteiger partial charge >= 0.3 is 5.97 Å². The Kier molecular flexibility index (Phi) is 5.41. The third kappa shape index (κ3) is 3.16. The maximum atomic E-state index is 13.6. The van der Waals surface area contributed by atoms with Gasteiger partial charge in [0.05, 0.1) is 11.1 Å². The summed E-state index contributed by atoms with van der Waals surface area (Å²) in [5, 5.41) is 15.6. The van der Waals surface area contributed by atoms with E-state index in [-0.39, 0.29) is 17.9 Å². The molecule has 7 nitrogen and oxygen atoms in total. The summed E-state index contributed by atoms with van der Waals surface area (Å²) < 4.78 is 6.34. The van der Waals surface area contributed by atoms with E-state index in [9.17, 15) is 19.5 Å². The van der Waals surface area contributed by atoms with Crippen molar-refractivity contribution in [3.05, 3.63) is 107 Å². The molecule has 204 valence electrons. The van der Waals surface area contributed by atoms with Gasteiger partial charge in [0.15, 0.2) is 0 Å². The van der Waals surface area contributed by atoms with Crippen LogP contribution in [0.3, 0.4) is 0 Å². The molecule has 7 rings (SSSR count). The van der Waals surface area contributed by atoms with Crippen LogP contribution in [0.15, 0.2) is 84.9 Å². The van der Waals surface area contributed by atoms with Gasteiger partial charge in [0.2, 0.25) is 0 Å². The molecule has 3 aromatic carbocycles. The van der Waals surface area contributed by atoms with Crippen LogP contribution in [0.1, 0.15) is 65.0 Å². The van der Waals surface area contributed by atoms with Crippen molar-refractivity contribution < 1.29 is 24.2 Å². The van der Waals surface area contributed by atoms with E-state index in [1.807, 2.05) is 60.7 Å². The molecule has 2 saturated carbocycles. The lowest BCUT2D eigenvalue weighted by atomic mass is 9.54. The normalized spacial score (nSPS) is 29.9. The van der Waals surface area contributed by atoms with Gasteiger partial charge in [-0.2, -0.15) is 5.01 Å². The van der Waals surface area contributed by atoms with Gasteiger partial charge in [-0.3, -0.25) is 14.4 Å². The van der Waals surface area contributed by atoms with E-state index in [0.717, 1.165) is 22.6 Å². The minimum absolute atomic E-state index is 0.235. The summed E-state index contributed by atoms with van der Waals surface area (Å²) in [6.07, 6.45) is 1.76. The van der Waals surface area contributed by atoms with Crippen molar-refractivity contribution in [3.8, 4) is 0 Å². The fourth-order valence-corrected chi connectivity index (χ4v) is 8.14. The minimum atomic E-state index is -1.40. The van der Waals surface area contributed by atoms with Crippen LogP contribution < -0.4 is 0 Å². The molecule has 1 saturated heterocycles. The summed E-state index contributed by atoms with van der Waals surface area (Å²) in [6, 6.07) is 25.4. The number of hydrogen-bond donors (Lipinski definition) is 1. The molecule has 5 atom stereocenters. The summed E-state index contributed by atoms with van der Waals surface area (Å²) in [5.41, 5.74) is -0.273. The van der Waals surface area contributed by atoms with Crippen LogP contribution >= 0.6 is 0 Å². The van der Waals surface area contributed by atoms with Crippen LogP contribution in [-0.2, 0) is 15.1 Å². The van der Waals surface area contributed by atoms with Crippen molar-refractivity contribution in [2.24, 2.45) is 16.7 Å². The average molecular weight is 537 g/mol. The number of hydrazine groups is 1. The minimum Gasteiger partial charge on any atom is -0.460 e. The molecule has 40 heavy (non-hydrogen) atoms. The van der Waals surface area contributed by atoms with Crippen LogP contribution in [0.25, 0.3) is 0 Å². The smallest absolute Gasteiger partial charge is 0.326 e. The number of rotatable bonds is 6. The number of amides is 2. The van der Waals surface area contributed by atoms with Crippen molar-refractivity contribution in [1.29, 1.82) is 0 Å². The van der Waals surface area contributed by atoms with Crippen LogP contribution in [0, 0.1) is 16.7 Å². The highest BCUT2D eigenvalue weighted by atomic mass is 16.6. The van der Waals surface area contributed by atoms with Crippen molar-refractivity contribution in [2.75, 3.05) is 6.54 Å². The van der Waals surface area contributed by atoms with Gasteiger partial charge in [0.1, 0.15) is 17.7 Å². The van der Waals surface area contributed by atoms with Crippen molar-refractivity contribution in [2.45, 2.75) is 50.9 Å². The second-order valence-electron chi connectivity index (χ2n) is 12.1. The van der Waals surface area contributed by atoms with Gasteiger partial charge < -0.3 is 9.84 Å². The lowest BCUT2D eigenvalue weighted by molar-refractivity contribution is -0.185. The molecule has 2 amide bonds. The molecule has 4 aliphatic rings. The van der Waals surface area contributed by atoms with E-state index >= 15 is 0 Å². The quantitative estimate of drug-likeness (QED) is 0.283. The van der Waals surface area contributed by atoms with E-state index in [1.165, 1.54) is 5.01 Å². The van der Waals surface area contributed by atoms with Crippen LogP contribution in [-0.4, -0.2) is 51.6 Å². The van der Waals surface area contributed by atoms with E-state index in [1.54, 1.807) is 24.3 Å². The highest BCUT2D eigenvalue weighted by Gasteiger charge is 2.74. The van der Waals surface area contributed by atoms with E-state index in [0.29, 0.717) is 24.0 Å². The fraction of sp³-hybridized carbons (Fsp3) is 0.364. The predicted octanol–water partition coefficient (Wildman–Crippen LogP) is 4.56. The molecule has 3 aromatic rings. The van der Waals surface area contributed by atoms with Crippen molar-refractivity contribution >= 4 is 17.8 Å². The maximum Gasteiger partial charge on any atom is 0.326 e. The molecule has 1 N–H and O–H groups in total. The van der Waals surface area contributed by atoms with Gasteiger partial charge in [0, 0.05) is 12.0 Å². The molecule has 1 unspecified atom stereocenters. The van der Waals surface area contributed by atoms with Crippen LogP contribution in [0.5, 0.6) is 0 Å². The number of carbonyl (C=O) groups excluding carboxylic acids is 3. The summed E-state index contributed by atoms with van der Waals surface area (Å²) in [4.78, 5) is 39.6. The second kappa shape index (κ2) is 8.59.